The van der Waals surface area contributed by atoms with Gasteiger partial charge < -0.3 is 52.7 Å². The van der Waals surface area contributed by atoms with Gasteiger partial charge in [-0.1, -0.05) is 0 Å². The average Bonchev–Trinajstić information content (AvgIpc) is 3.10. The summed E-state index contributed by atoms with van der Waals surface area (Å²) in [5, 5.41) is 27.5. The summed E-state index contributed by atoms with van der Waals surface area (Å²) < 4.78 is 0. The number of primary amides is 1. The maximum Gasteiger partial charge on any atom is 0.326 e. The van der Waals surface area contributed by atoms with Crippen molar-refractivity contribution in [3.8, 4) is 0 Å². The zero-order valence-electron chi connectivity index (χ0n) is 30.0. The van der Waals surface area contributed by atoms with Crippen LogP contribution >= 0.6 is 11.8 Å². The van der Waals surface area contributed by atoms with E-state index in [2.05, 4.69) is 21.3 Å². The lowest BCUT2D eigenvalue weighted by atomic mass is 9.81. The molecule has 7 amide bonds. The molecule has 1 aliphatic rings. The van der Waals surface area contributed by atoms with Crippen LogP contribution in [0, 0.1) is 11.8 Å². The predicted octanol–water partition coefficient (Wildman–Crippen LogP) is -2.40. The smallest absolute Gasteiger partial charge is 0.326 e. The van der Waals surface area contributed by atoms with Gasteiger partial charge in [-0.15, -0.1) is 11.8 Å². The number of nitrogens with one attached hydrogen (secondary N) is 4. The molecule has 294 valence electrons. The minimum Gasteiger partial charge on any atom is -0.480 e. The highest BCUT2D eigenvalue weighted by molar-refractivity contribution is 8.00. The Labute approximate surface area is 307 Å². The molecule has 1 rings (SSSR count). The molecule has 19 nitrogen and oxygen atoms in total. The predicted molar refractivity (Wildman–Crippen MR) is 189 cm³/mol. The van der Waals surface area contributed by atoms with Gasteiger partial charge in [0.1, 0.15) is 17.3 Å². The van der Waals surface area contributed by atoms with Gasteiger partial charge in [0.25, 0.3) is 0 Å². The van der Waals surface area contributed by atoms with Crippen molar-refractivity contribution in [1.29, 1.82) is 0 Å². The number of nitrogens with zero attached hydrogens (tertiary/aromatic N) is 2. The number of thioether (sulfide) groups is 1. The highest BCUT2D eigenvalue weighted by Crippen LogP contribution is 2.30. The van der Waals surface area contributed by atoms with E-state index in [9.17, 15) is 48.3 Å². The van der Waals surface area contributed by atoms with Gasteiger partial charge >= 0.3 is 11.9 Å². The number of carbonyl (C=O) groups is 9. The van der Waals surface area contributed by atoms with Gasteiger partial charge in [0.2, 0.25) is 41.4 Å². The van der Waals surface area contributed by atoms with Crippen LogP contribution in [0.3, 0.4) is 0 Å². The topological polar surface area (TPSA) is 301 Å². The molecule has 0 aromatic rings. The maximum atomic E-state index is 12.8. The van der Waals surface area contributed by atoms with Crippen LogP contribution in [0.1, 0.15) is 64.7 Å². The van der Waals surface area contributed by atoms with Crippen molar-refractivity contribution in [1.82, 2.24) is 31.1 Å². The SMILES string of the molecule is C[C@@H](C(=O)O)N(C)C(=O)CCS[C@@H](CC(=O)N(C)CC1CCC(C(=O)NCCCCC(NC(=O)CNC(=O)CNC(=O)CN)C(N)=O)CC1)C(=O)O. The molecule has 0 saturated heterocycles. The lowest BCUT2D eigenvalue weighted by Gasteiger charge is -2.31. The summed E-state index contributed by atoms with van der Waals surface area (Å²) in [7, 11) is 2.97. The number of nitrogens with two attached hydrogens (primary N) is 2. The third-order valence-corrected chi connectivity index (χ3v) is 9.96. The number of aliphatic carboxylic acids is 2. The Hall–Kier alpha value is -4.46. The van der Waals surface area contributed by atoms with Crippen LogP contribution in [0.15, 0.2) is 0 Å². The molecule has 10 N–H and O–H groups in total. The minimum atomic E-state index is -1.18. The highest BCUT2D eigenvalue weighted by atomic mass is 32.2. The largest absolute Gasteiger partial charge is 0.480 e. The summed E-state index contributed by atoms with van der Waals surface area (Å²) in [6.45, 7) is 1.09. The Morgan fingerprint density at radius 2 is 1.44 bits per heavy atom. The lowest BCUT2D eigenvalue weighted by molar-refractivity contribution is -0.148. The summed E-state index contributed by atoms with van der Waals surface area (Å²) in [4.78, 5) is 110. The van der Waals surface area contributed by atoms with Crippen LogP contribution in [-0.2, 0) is 43.2 Å². The summed E-state index contributed by atoms with van der Waals surface area (Å²) >= 11 is 0.961. The summed E-state index contributed by atoms with van der Waals surface area (Å²) in [6.07, 6.45) is 3.57. The number of amides is 7. The van der Waals surface area contributed by atoms with Gasteiger partial charge in [-0.3, -0.25) is 38.4 Å². The highest BCUT2D eigenvalue weighted by Gasteiger charge is 2.30. The minimum absolute atomic E-state index is 0.0655. The van der Waals surface area contributed by atoms with Crippen LogP contribution in [-0.4, -0.2) is 143 Å². The van der Waals surface area contributed by atoms with E-state index in [-0.39, 0.29) is 61.8 Å². The number of hydrogen-bond acceptors (Lipinski definition) is 11. The van der Waals surface area contributed by atoms with Gasteiger partial charge in [0.05, 0.1) is 19.6 Å². The fourth-order valence-corrected chi connectivity index (χ4v) is 6.31. The standard InChI is InChI=1S/C32H54N8O11S/c1-19(31(48)49)40(3)27(44)11-13-52-23(32(50)51)14-28(45)39(2)18-20-7-9-21(10-8-20)30(47)35-12-5-4-6-22(29(34)46)38-26(43)17-37-25(42)16-36-24(41)15-33/h19-23H,4-18,33H2,1-3H3,(H2,34,46)(H,35,47)(H,36,41)(H,37,42)(H,38,43)(H,48,49)(H,50,51)/t19-,20?,21?,22?,23-/m0/s1. The monoisotopic (exact) mass is 758 g/mol. The quantitative estimate of drug-likeness (QED) is 0.0477. The Morgan fingerprint density at radius 1 is 0.827 bits per heavy atom. The first-order valence-electron chi connectivity index (χ1n) is 17.1. The molecule has 0 aliphatic heterocycles. The van der Waals surface area contributed by atoms with Gasteiger partial charge in [0, 0.05) is 51.7 Å². The third-order valence-electron chi connectivity index (χ3n) is 8.75. The Morgan fingerprint density at radius 3 is 2.02 bits per heavy atom. The van der Waals surface area contributed by atoms with Crippen molar-refractivity contribution in [3.05, 3.63) is 0 Å². The van der Waals surface area contributed by atoms with Gasteiger partial charge in [0.15, 0.2) is 0 Å². The number of hydrogen-bond donors (Lipinski definition) is 8. The maximum absolute atomic E-state index is 12.8. The number of carbonyl (C=O) groups excluding carboxylic acids is 7. The van der Waals surface area contributed by atoms with E-state index in [4.69, 9.17) is 16.6 Å². The van der Waals surface area contributed by atoms with E-state index in [1.807, 2.05) is 0 Å². The second kappa shape index (κ2) is 23.9. The third kappa shape index (κ3) is 17.7. The molecule has 0 bridgehead atoms. The van der Waals surface area contributed by atoms with Crippen molar-refractivity contribution in [2.75, 3.05) is 52.6 Å². The van der Waals surface area contributed by atoms with Crippen LogP contribution in [0.25, 0.3) is 0 Å². The lowest BCUT2D eigenvalue weighted by Crippen LogP contribution is -2.49. The fraction of sp³-hybridized carbons (Fsp3) is 0.719. The molecule has 0 aromatic carbocycles. The second-order valence-electron chi connectivity index (χ2n) is 12.7. The van der Waals surface area contributed by atoms with Crippen LogP contribution in [0.2, 0.25) is 0 Å². The zero-order valence-corrected chi connectivity index (χ0v) is 30.8. The molecule has 1 aliphatic carbocycles. The van der Waals surface area contributed by atoms with E-state index in [0.29, 0.717) is 51.6 Å². The Balaban J connectivity index is 2.36. The molecule has 0 aromatic heterocycles. The van der Waals surface area contributed by atoms with Crippen molar-refractivity contribution in [3.63, 3.8) is 0 Å². The molecule has 3 atom stereocenters. The molecule has 1 unspecified atom stereocenters. The molecule has 1 fully saturated rings. The molecule has 0 heterocycles. The van der Waals surface area contributed by atoms with Crippen LogP contribution < -0.4 is 32.7 Å². The fourth-order valence-electron chi connectivity index (χ4n) is 5.33. The Bertz CT molecular complexity index is 1280. The first-order valence-corrected chi connectivity index (χ1v) is 18.2. The second-order valence-corrected chi connectivity index (χ2v) is 14.0. The molecular weight excluding hydrogens is 704 g/mol. The molecule has 0 spiro atoms. The van der Waals surface area contributed by atoms with Crippen molar-refractivity contribution in [2.24, 2.45) is 23.3 Å². The first-order chi connectivity index (χ1) is 24.5. The summed E-state index contributed by atoms with van der Waals surface area (Å²) in [5.74, 6) is -5.66. The van der Waals surface area contributed by atoms with Crippen molar-refractivity contribution >= 4 is 65.1 Å². The molecular formula is C32H54N8O11S. The van der Waals surface area contributed by atoms with E-state index >= 15 is 0 Å². The molecule has 0 radical (unpaired) electrons. The zero-order chi connectivity index (χ0) is 39.4. The van der Waals surface area contributed by atoms with Gasteiger partial charge in [-0.2, -0.15) is 0 Å². The summed E-state index contributed by atoms with van der Waals surface area (Å²) in [5.41, 5.74) is 10.5. The summed E-state index contributed by atoms with van der Waals surface area (Å²) in [6, 6.07) is -1.98. The van der Waals surface area contributed by atoms with Crippen LogP contribution in [0.5, 0.6) is 0 Å². The van der Waals surface area contributed by atoms with E-state index < -0.39 is 65.4 Å². The van der Waals surface area contributed by atoms with Crippen LogP contribution in [0.4, 0.5) is 0 Å². The van der Waals surface area contributed by atoms with E-state index in [1.165, 1.54) is 18.9 Å². The molecule has 1 saturated carbocycles. The number of carboxylic acids is 2. The van der Waals surface area contributed by atoms with Crippen molar-refractivity contribution < 1.29 is 53.4 Å². The molecule has 52 heavy (non-hydrogen) atoms. The van der Waals surface area contributed by atoms with E-state index in [1.54, 1.807) is 7.05 Å². The number of rotatable bonds is 24. The van der Waals surface area contributed by atoms with Gasteiger partial charge in [-0.05, 0) is 57.8 Å². The first kappa shape index (κ1) is 45.6. The average molecular weight is 759 g/mol. The van der Waals surface area contributed by atoms with E-state index in [0.717, 1.165) is 16.7 Å². The van der Waals surface area contributed by atoms with Crippen molar-refractivity contribution in [2.45, 2.75) is 82.0 Å². The van der Waals surface area contributed by atoms with Gasteiger partial charge in [-0.25, -0.2) is 4.79 Å². The number of unbranched alkanes of at least 4 members (excludes halogenated alkanes) is 1. The molecule has 20 heteroatoms. The normalized spacial score (nSPS) is 17.0. The number of carboxylic acid groups (broad SMARTS) is 2. The Kier molecular flexibility index (Phi) is 20.9. The number of likely N-dealkylation sites (N-methyl/N-ethyl adjacent to an activating group) is 1.